The summed E-state index contributed by atoms with van der Waals surface area (Å²) in [6, 6.07) is 0. The fourth-order valence-corrected chi connectivity index (χ4v) is 2.20. The lowest BCUT2D eigenvalue weighted by Gasteiger charge is -2.18. The molecule has 0 saturated carbocycles. The van der Waals surface area contributed by atoms with E-state index in [1.54, 1.807) is 0 Å². The zero-order valence-electron chi connectivity index (χ0n) is 12.6. The molecule has 0 aromatic carbocycles. The Kier molecular flexibility index (Phi) is 12.4. The topological polar surface area (TPSA) is 9.23 Å². The minimum atomic E-state index is 0.790. The zero-order chi connectivity index (χ0) is 12.9. The van der Waals surface area contributed by atoms with Crippen molar-refractivity contribution in [1.29, 1.82) is 0 Å². The molecule has 0 aromatic rings. The lowest BCUT2D eigenvalue weighted by molar-refractivity contribution is 0.0630. The maximum absolute atomic E-state index is 5.93. The summed E-state index contributed by atoms with van der Waals surface area (Å²) in [5, 5.41) is 0. The van der Waals surface area contributed by atoms with Crippen molar-refractivity contribution >= 4 is 0 Å². The molecular formula is C16H34O. The van der Waals surface area contributed by atoms with Crippen LogP contribution in [0.5, 0.6) is 0 Å². The average molecular weight is 242 g/mol. The Hall–Kier alpha value is -0.0400. The number of hydrogen-bond donors (Lipinski definition) is 0. The zero-order valence-corrected chi connectivity index (χ0v) is 12.6. The van der Waals surface area contributed by atoms with Crippen molar-refractivity contribution in [3.05, 3.63) is 0 Å². The minimum Gasteiger partial charge on any atom is -0.381 e. The van der Waals surface area contributed by atoms with Gasteiger partial charge in [0.15, 0.2) is 0 Å². The molecule has 0 saturated heterocycles. The predicted octanol–water partition coefficient (Wildman–Crippen LogP) is 5.44. The summed E-state index contributed by atoms with van der Waals surface area (Å²) in [4.78, 5) is 0. The Balaban J connectivity index is 3.61. The lowest BCUT2D eigenvalue weighted by Crippen LogP contribution is -2.14. The Morgan fingerprint density at radius 2 is 1.12 bits per heavy atom. The Bertz CT molecular complexity index is 128. The fraction of sp³-hybridized carbons (Fsp3) is 1.00. The van der Waals surface area contributed by atoms with E-state index in [2.05, 4.69) is 27.7 Å². The van der Waals surface area contributed by atoms with Gasteiger partial charge in [0.2, 0.25) is 0 Å². The molecular weight excluding hydrogens is 208 g/mol. The quantitative estimate of drug-likeness (QED) is 0.443. The highest BCUT2D eigenvalue weighted by atomic mass is 16.5. The van der Waals surface area contributed by atoms with Crippen LogP contribution in [0.2, 0.25) is 0 Å². The van der Waals surface area contributed by atoms with Gasteiger partial charge in [-0.25, -0.2) is 0 Å². The Morgan fingerprint density at radius 1 is 0.706 bits per heavy atom. The summed E-state index contributed by atoms with van der Waals surface area (Å²) < 4.78 is 5.93. The molecule has 0 heterocycles. The summed E-state index contributed by atoms with van der Waals surface area (Å²) in [6.07, 6.45) is 10.6. The molecule has 1 heteroatoms. The van der Waals surface area contributed by atoms with E-state index in [9.17, 15) is 0 Å². The Labute approximate surface area is 109 Å². The SMILES string of the molecule is CCCC[C@H](CC)COC[C@@H](CC)CCCC. The molecule has 0 bridgehead atoms. The third-order valence-electron chi connectivity index (χ3n) is 3.79. The van der Waals surface area contributed by atoms with E-state index < -0.39 is 0 Å². The highest BCUT2D eigenvalue weighted by Crippen LogP contribution is 2.16. The third kappa shape index (κ3) is 9.64. The maximum Gasteiger partial charge on any atom is 0.0494 e. The molecule has 104 valence electrons. The van der Waals surface area contributed by atoms with Gasteiger partial charge in [-0.2, -0.15) is 0 Å². The van der Waals surface area contributed by atoms with Crippen LogP contribution in [0.25, 0.3) is 0 Å². The largest absolute Gasteiger partial charge is 0.381 e. The van der Waals surface area contributed by atoms with Crippen LogP contribution in [0.15, 0.2) is 0 Å². The van der Waals surface area contributed by atoms with Crippen LogP contribution in [0, 0.1) is 11.8 Å². The van der Waals surface area contributed by atoms with Crippen molar-refractivity contribution < 1.29 is 4.74 Å². The molecule has 0 unspecified atom stereocenters. The standard InChI is InChI=1S/C16H34O/c1-5-9-11-15(7-3)13-17-14-16(8-4)12-10-6-2/h15-16H,5-14H2,1-4H3/t15-,16-/m0/s1. The van der Waals surface area contributed by atoms with Crippen LogP contribution in [-0.2, 0) is 4.74 Å². The summed E-state index contributed by atoms with van der Waals surface area (Å²) in [5.74, 6) is 1.58. The van der Waals surface area contributed by atoms with Crippen molar-refractivity contribution in [2.24, 2.45) is 11.8 Å². The van der Waals surface area contributed by atoms with E-state index in [1.807, 2.05) is 0 Å². The highest BCUT2D eigenvalue weighted by molar-refractivity contribution is 4.59. The van der Waals surface area contributed by atoms with Crippen LogP contribution in [0.4, 0.5) is 0 Å². The van der Waals surface area contributed by atoms with Crippen molar-refractivity contribution in [1.82, 2.24) is 0 Å². The number of rotatable bonds is 12. The van der Waals surface area contributed by atoms with Crippen molar-refractivity contribution in [3.63, 3.8) is 0 Å². The van der Waals surface area contributed by atoms with Crippen LogP contribution in [0.1, 0.15) is 79.1 Å². The van der Waals surface area contributed by atoms with Crippen LogP contribution >= 0.6 is 0 Å². The smallest absolute Gasteiger partial charge is 0.0494 e. The van der Waals surface area contributed by atoms with Crippen LogP contribution < -0.4 is 0 Å². The van der Waals surface area contributed by atoms with E-state index in [4.69, 9.17) is 4.74 Å². The normalized spacial score (nSPS) is 14.8. The molecule has 0 aliphatic heterocycles. The van der Waals surface area contributed by atoms with Gasteiger partial charge in [-0.05, 0) is 24.7 Å². The lowest BCUT2D eigenvalue weighted by atomic mass is 9.99. The molecule has 0 radical (unpaired) electrons. The molecule has 0 aromatic heterocycles. The van der Waals surface area contributed by atoms with Crippen molar-refractivity contribution in [2.75, 3.05) is 13.2 Å². The summed E-state index contributed by atoms with van der Waals surface area (Å²) in [6.45, 7) is 11.1. The van der Waals surface area contributed by atoms with Gasteiger partial charge in [-0.15, -0.1) is 0 Å². The molecule has 0 rings (SSSR count). The van der Waals surface area contributed by atoms with Gasteiger partial charge in [0.25, 0.3) is 0 Å². The second kappa shape index (κ2) is 12.4. The molecule has 0 aliphatic rings. The van der Waals surface area contributed by atoms with Gasteiger partial charge in [0, 0.05) is 13.2 Å². The monoisotopic (exact) mass is 242 g/mol. The van der Waals surface area contributed by atoms with E-state index in [0.29, 0.717) is 0 Å². The average Bonchev–Trinajstić information content (AvgIpc) is 2.37. The first-order chi connectivity index (χ1) is 8.28. The van der Waals surface area contributed by atoms with Crippen molar-refractivity contribution in [2.45, 2.75) is 79.1 Å². The number of ether oxygens (including phenoxy) is 1. The Morgan fingerprint density at radius 3 is 1.41 bits per heavy atom. The molecule has 17 heavy (non-hydrogen) atoms. The minimum absolute atomic E-state index is 0.790. The van der Waals surface area contributed by atoms with E-state index in [1.165, 1.54) is 51.4 Å². The van der Waals surface area contributed by atoms with E-state index in [0.717, 1.165) is 25.0 Å². The summed E-state index contributed by atoms with van der Waals surface area (Å²) >= 11 is 0. The first-order valence-corrected chi connectivity index (χ1v) is 7.86. The second-order valence-corrected chi connectivity index (χ2v) is 5.37. The molecule has 0 aliphatic carbocycles. The van der Waals surface area contributed by atoms with Crippen LogP contribution in [0.3, 0.4) is 0 Å². The molecule has 0 N–H and O–H groups in total. The highest BCUT2D eigenvalue weighted by Gasteiger charge is 2.09. The summed E-state index contributed by atoms with van der Waals surface area (Å²) in [7, 11) is 0. The molecule has 0 amide bonds. The third-order valence-corrected chi connectivity index (χ3v) is 3.79. The maximum atomic E-state index is 5.93. The fourth-order valence-electron chi connectivity index (χ4n) is 2.20. The van der Waals surface area contributed by atoms with Crippen molar-refractivity contribution in [3.8, 4) is 0 Å². The number of unbranched alkanes of at least 4 members (excludes halogenated alkanes) is 2. The van der Waals surface area contributed by atoms with Crippen LogP contribution in [-0.4, -0.2) is 13.2 Å². The van der Waals surface area contributed by atoms with Gasteiger partial charge in [0.05, 0.1) is 0 Å². The van der Waals surface area contributed by atoms with Gasteiger partial charge in [0.1, 0.15) is 0 Å². The van der Waals surface area contributed by atoms with E-state index >= 15 is 0 Å². The van der Waals surface area contributed by atoms with E-state index in [-0.39, 0.29) is 0 Å². The molecule has 1 nitrogen and oxygen atoms in total. The first kappa shape index (κ1) is 17.0. The molecule has 2 atom stereocenters. The van der Waals surface area contributed by atoms with Gasteiger partial charge in [-0.1, -0.05) is 66.2 Å². The van der Waals surface area contributed by atoms with Gasteiger partial charge >= 0.3 is 0 Å². The predicted molar refractivity (Wildman–Crippen MR) is 77.4 cm³/mol. The molecule has 0 fully saturated rings. The second-order valence-electron chi connectivity index (χ2n) is 5.37. The number of hydrogen-bond acceptors (Lipinski definition) is 1. The summed E-state index contributed by atoms with van der Waals surface area (Å²) in [5.41, 5.74) is 0. The van der Waals surface area contributed by atoms with Gasteiger partial charge in [-0.3, -0.25) is 0 Å². The molecule has 0 spiro atoms. The first-order valence-electron chi connectivity index (χ1n) is 7.86. The van der Waals surface area contributed by atoms with Gasteiger partial charge < -0.3 is 4.74 Å².